The number of rotatable bonds is 0. The standard InChI is InChI=1S/C2H5OP/c1-3-2-4-1/h4H,1-2H2. The second-order valence-corrected chi connectivity index (χ2v) is 1.82. The minimum Gasteiger partial charge on any atom is -0.373 e. The van der Waals surface area contributed by atoms with E-state index in [-0.39, 0.29) is 0 Å². The van der Waals surface area contributed by atoms with Gasteiger partial charge in [-0.2, -0.15) is 0 Å². The lowest BCUT2D eigenvalue weighted by Crippen LogP contribution is -1.96. The van der Waals surface area contributed by atoms with Crippen LogP contribution in [0.1, 0.15) is 0 Å². The summed E-state index contributed by atoms with van der Waals surface area (Å²) in [6, 6.07) is 0. The fourth-order valence-electron chi connectivity index (χ4n) is 0.102. The van der Waals surface area contributed by atoms with E-state index >= 15 is 0 Å². The van der Waals surface area contributed by atoms with Crippen molar-refractivity contribution in [2.45, 2.75) is 0 Å². The molecule has 1 aliphatic rings. The third-order valence-corrected chi connectivity index (χ3v) is 1.22. The van der Waals surface area contributed by atoms with E-state index < -0.39 is 0 Å². The molecule has 1 fully saturated rings. The molecule has 1 nitrogen and oxygen atoms in total. The molecule has 4 heavy (non-hydrogen) atoms. The Kier molecular flexibility index (Phi) is 0.658. The molecule has 2 heteroatoms. The average molecular weight is 76.0 g/mol. The van der Waals surface area contributed by atoms with E-state index in [1.165, 1.54) is 0 Å². The Balaban J connectivity index is 2.00. The third kappa shape index (κ3) is 0.240. The molecule has 1 aliphatic heterocycles. The molecule has 0 aromatic heterocycles. The minimum absolute atomic E-state index is 1.03. The summed E-state index contributed by atoms with van der Waals surface area (Å²) in [5.41, 5.74) is 0. The number of hydrogen-bond donors (Lipinski definition) is 0. The minimum atomic E-state index is 1.03. The molecule has 0 amide bonds. The van der Waals surface area contributed by atoms with Crippen LogP contribution in [0.2, 0.25) is 0 Å². The zero-order chi connectivity index (χ0) is 2.83. The lowest BCUT2D eigenvalue weighted by atomic mass is 11.5. The van der Waals surface area contributed by atoms with E-state index in [9.17, 15) is 0 Å². The predicted molar refractivity (Wildman–Crippen MR) is 19.1 cm³/mol. The molecule has 1 heterocycles. The van der Waals surface area contributed by atoms with Gasteiger partial charge in [-0.15, -0.1) is 0 Å². The Morgan fingerprint density at radius 1 is 1.50 bits per heavy atom. The van der Waals surface area contributed by atoms with Crippen LogP contribution in [0.25, 0.3) is 0 Å². The Hall–Kier alpha value is 0.390. The summed E-state index contributed by atoms with van der Waals surface area (Å²) < 4.78 is 4.73. The number of hydrogen-bond acceptors (Lipinski definition) is 1. The van der Waals surface area contributed by atoms with Gasteiger partial charge < -0.3 is 4.74 Å². The number of ether oxygens (including phenoxy) is 1. The summed E-state index contributed by atoms with van der Waals surface area (Å²) in [5, 5.41) is 0. The average Bonchev–Trinajstić information content (AvgIpc) is 0.722. The largest absolute Gasteiger partial charge is 0.373 e. The maximum atomic E-state index is 4.73. The van der Waals surface area contributed by atoms with Crippen LogP contribution in [0.5, 0.6) is 0 Å². The summed E-state index contributed by atoms with van der Waals surface area (Å²) in [5.74, 6) is 0. The van der Waals surface area contributed by atoms with Gasteiger partial charge in [0.2, 0.25) is 0 Å². The summed E-state index contributed by atoms with van der Waals surface area (Å²) in [4.78, 5) is 0. The first-order valence-electron chi connectivity index (χ1n) is 1.28. The lowest BCUT2D eigenvalue weighted by Gasteiger charge is -2.09. The molecule has 0 N–H and O–H groups in total. The molecule has 0 bridgehead atoms. The molecule has 0 radical (unpaired) electrons. The Morgan fingerprint density at radius 2 is 1.75 bits per heavy atom. The molecule has 0 saturated carbocycles. The predicted octanol–water partition coefficient (Wildman–Crippen LogP) is 0.610. The first-order chi connectivity index (χ1) is 2.00. The van der Waals surface area contributed by atoms with Gasteiger partial charge in [-0.25, -0.2) is 0 Å². The summed E-state index contributed by atoms with van der Waals surface area (Å²) in [7, 11) is 1.10. The molecule has 1 saturated heterocycles. The summed E-state index contributed by atoms with van der Waals surface area (Å²) >= 11 is 0. The van der Waals surface area contributed by atoms with Gasteiger partial charge in [-0.3, -0.25) is 0 Å². The van der Waals surface area contributed by atoms with Crippen molar-refractivity contribution in [2.24, 2.45) is 0 Å². The zero-order valence-electron chi connectivity index (χ0n) is 2.32. The second kappa shape index (κ2) is 1.00. The van der Waals surface area contributed by atoms with Crippen LogP contribution >= 0.6 is 8.58 Å². The highest BCUT2D eigenvalue weighted by Crippen LogP contribution is 2.19. The maximum Gasteiger partial charge on any atom is 0.0657 e. The Morgan fingerprint density at radius 3 is 1.75 bits per heavy atom. The van der Waals surface area contributed by atoms with Gasteiger partial charge in [0, 0.05) is 0 Å². The summed E-state index contributed by atoms with van der Waals surface area (Å²) in [6.07, 6.45) is 2.06. The van der Waals surface area contributed by atoms with Crippen molar-refractivity contribution in [3.63, 3.8) is 0 Å². The monoisotopic (exact) mass is 76.0 g/mol. The van der Waals surface area contributed by atoms with Crippen LogP contribution in [0, 0.1) is 0 Å². The van der Waals surface area contributed by atoms with Crippen molar-refractivity contribution in [1.82, 2.24) is 0 Å². The van der Waals surface area contributed by atoms with Gasteiger partial charge in [0.25, 0.3) is 0 Å². The molecule has 0 unspecified atom stereocenters. The van der Waals surface area contributed by atoms with E-state index in [2.05, 4.69) is 0 Å². The molecule has 0 atom stereocenters. The van der Waals surface area contributed by atoms with Crippen molar-refractivity contribution in [3.8, 4) is 0 Å². The molecule has 0 aromatic rings. The van der Waals surface area contributed by atoms with Crippen molar-refractivity contribution >= 4 is 8.58 Å². The van der Waals surface area contributed by atoms with Crippen LogP contribution in [0.3, 0.4) is 0 Å². The van der Waals surface area contributed by atoms with Gasteiger partial charge >= 0.3 is 0 Å². The fraction of sp³-hybridized carbons (Fsp3) is 1.00. The van der Waals surface area contributed by atoms with Crippen LogP contribution in [-0.4, -0.2) is 12.7 Å². The van der Waals surface area contributed by atoms with E-state index in [1.807, 2.05) is 0 Å². The van der Waals surface area contributed by atoms with Gasteiger partial charge in [-0.05, 0) is 0 Å². The SMILES string of the molecule is C1OCP1. The van der Waals surface area contributed by atoms with Crippen molar-refractivity contribution in [1.29, 1.82) is 0 Å². The highest BCUT2D eigenvalue weighted by Gasteiger charge is 1.93. The quantitative estimate of drug-likeness (QED) is 0.384. The maximum absolute atomic E-state index is 4.73. The van der Waals surface area contributed by atoms with E-state index in [4.69, 9.17) is 4.74 Å². The highest BCUT2D eigenvalue weighted by molar-refractivity contribution is 7.38. The van der Waals surface area contributed by atoms with Crippen LogP contribution < -0.4 is 0 Å². The van der Waals surface area contributed by atoms with Crippen LogP contribution in [0.4, 0.5) is 0 Å². The third-order valence-electron chi connectivity index (χ3n) is 0.408. The molecular weight excluding hydrogens is 71.0 g/mol. The lowest BCUT2D eigenvalue weighted by molar-refractivity contribution is 0.199. The van der Waals surface area contributed by atoms with E-state index in [0.29, 0.717) is 0 Å². The van der Waals surface area contributed by atoms with Gasteiger partial charge in [0.05, 0.1) is 12.7 Å². The molecule has 0 spiro atoms. The Bertz CT molecular complexity index is 14.0. The van der Waals surface area contributed by atoms with E-state index in [1.54, 1.807) is 0 Å². The second-order valence-electron chi connectivity index (χ2n) is 0.743. The molecule has 0 aliphatic carbocycles. The Labute approximate surface area is 27.1 Å². The first kappa shape index (κ1) is 2.62. The van der Waals surface area contributed by atoms with Crippen molar-refractivity contribution in [2.75, 3.05) is 12.7 Å². The zero-order valence-corrected chi connectivity index (χ0v) is 3.32. The van der Waals surface area contributed by atoms with Crippen LogP contribution in [0.15, 0.2) is 0 Å². The molecule has 0 aromatic carbocycles. The summed E-state index contributed by atoms with van der Waals surface area (Å²) in [6.45, 7) is 0. The van der Waals surface area contributed by atoms with Gasteiger partial charge in [0.15, 0.2) is 0 Å². The highest BCUT2D eigenvalue weighted by atomic mass is 31.1. The van der Waals surface area contributed by atoms with Gasteiger partial charge in [0.1, 0.15) is 0 Å². The van der Waals surface area contributed by atoms with Gasteiger partial charge in [-0.1, -0.05) is 8.58 Å². The van der Waals surface area contributed by atoms with Crippen LogP contribution in [-0.2, 0) is 4.74 Å². The molecular formula is C2H5OP. The van der Waals surface area contributed by atoms with Crippen molar-refractivity contribution < 1.29 is 4.74 Å². The van der Waals surface area contributed by atoms with E-state index in [0.717, 1.165) is 21.3 Å². The molecule has 24 valence electrons. The fourth-order valence-corrected chi connectivity index (χ4v) is 0.306. The first-order valence-corrected chi connectivity index (χ1v) is 2.70. The van der Waals surface area contributed by atoms with Crippen molar-refractivity contribution in [3.05, 3.63) is 0 Å². The normalized spacial score (nSPS) is 24.0. The molecule has 1 rings (SSSR count). The topological polar surface area (TPSA) is 9.23 Å². The smallest absolute Gasteiger partial charge is 0.0657 e.